The summed E-state index contributed by atoms with van der Waals surface area (Å²) in [5.41, 5.74) is 2.25. The van der Waals surface area contributed by atoms with Crippen molar-refractivity contribution in [2.75, 3.05) is 11.9 Å². The molecule has 3 nitrogen and oxygen atoms in total. The summed E-state index contributed by atoms with van der Waals surface area (Å²) in [6.07, 6.45) is 5.69. The average molecular weight is 274 g/mol. The van der Waals surface area contributed by atoms with E-state index in [0.29, 0.717) is 19.0 Å². The van der Waals surface area contributed by atoms with E-state index in [4.69, 9.17) is 0 Å². The maximum absolute atomic E-state index is 11.5. The molecule has 20 heavy (non-hydrogen) atoms. The molecule has 2 atom stereocenters. The Morgan fingerprint density at radius 3 is 2.60 bits per heavy atom. The van der Waals surface area contributed by atoms with Gasteiger partial charge in [0, 0.05) is 18.3 Å². The summed E-state index contributed by atoms with van der Waals surface area (Å²) in [7, 11) is 0. The Balaban J connectivity index is 1.89. The second-order valence-corrected chi connectivity index (χ2v) is 5.68. The molecule has 2 unspecified atom stereocenters. The van der Waals surface area contributed by atoms with Crippen LogP contribution >= 0.6 is 0 Å². The molecule has 2 rings (SSSR count). The second-order valence-electron chi connectivity index (χ2n) is 5.68. The predicted octanol–water partition coefficient (Wildman–Crippen LogP) is 3.36. The van der Waals surface area contributed by atoms with Gasteiger partial charge in [0.1, 0.15) is 0 Å². The minimum atomic E-state index is 0.0926. The van der Waals surface area contributed by atoms with Gasteiger partial charge in [-0.1, -0.05) is 31.9 Å². The van der Waals surface area contributed by atoms with Gasteiger partial charge in [0.05, 0.1) is 6.42 Å². The predicted molar refractivity (Wildman–Crippen MR) is 83.9 cm³/mol. The molecule has 110 valence electrons. The first kappa shape index (κ1) is 14.9. The number of hydrogen-bond donors (Lipinski definition) is 2. The standard InChI is InChI=1S/C17H26N2O/c1-3-14-6-5-7-16(14)19-15-10-8-13(9-11-15)12-17(20)18-4-2/h8-11,14,16,19H,3-7,12H2,1-2H3,(H,18,20). The van der Waals surface area contributed by atoms with Crippen LogP contribution in [0.15, 0.2) is 24.3 Å². The Hall–Kier alpha value is -1.51. The Morgan fingerprint density at radius 1 is 1.20 bits per heavy atom. The van der Waals surface area contributed by atoms with Gasteiger partial charge in [-0.2, -0.15) is 0 Å². The van der Waals surface area contributed by atoms with Crippen molar-refractivity contribution in [3.05, 3.63) is 29.8 Å². The van der Waals surface area contributed by atoms with Crippen LogP contribution < -0.4 is 10.6 Å². The summed E-state index contributed by atoms with van der Waals surface area (Å²) in [6, 6.07) is 8.91. The lowest BCUT2D eigenvalue weighted by atomic mass is 10.0. The molecule has 3 heteroatoms. The minimum Gasteiger partial charge on any atom is -0.382 e. The fourth-order valence-electron chi connectivity index (χ4n) is 3.09. The largest absolute Gasteiger partial charge is 0.382 e. The minimum absolute atomic E-state index is 0.0926. The third-order valence-corrected chi connectivity index (χ3v) is 4.23. The molecule has 0 bridgehead atoms. The van der Waals surface area contributed by atoms with E-state index in [2.05, 4.69) is 29.7 Å². The topological polar surface area (TPSA) is 41.1 Å². The van der Waals surface area contributed by atoms with E-state index in [0.717, 1.165) is 11.5 Å². The number of likely N-dealkylation sites (N-methyl/N-ethyl adjacent to an activating group) is 1. The van der Waals surface area contributed by atoms with Crippen molar-refractivity contribution >= 4 is 11.6 Å². The number of hydrogen-bond acceptors (Lipinski definition) is 2. The van der Waals surface area contributed by atoms with E-state index in [-0.39, 0.29) is 5.91 Å². The molecule has 0 aromatic heterocycles. The van der Waals surface area contributed by atoms with Gasteiger partial charge in [0.15, 0.2) is 0 Å². The van der Waals surface area contributed by atoms with Crippen LogP contribution in [0.25, 0.3) is 0 Å². The monoisotopic (exact) mass is 274 g/mol. The molecule has 0 saturated heterocycles. The molecule has 1 fully saturated rings. The summed E-state index contributed by atoms with van der Waals surface area (Å²) in [5, 5.41) is 6.47. The number of carbonyl (C=O) groups excluding carboxylic acids is 1. The highest BCUT2D eigenvalue weighted by Crippen LogP contribution is 2.30. The number of rotatable bonds is 6. The van der Waals surface area contributed by atoms with Crippen LogP contribution in [0.1, 0.15) is 45.1 Å². The first-order chi connectivity index (χ1) is 9.72. The highest BCUT2D eigenvalue weighted by molar-refractivity contribution is 5.78. The number of benzene rings is 1. The zero-order chi connectivity index (χ0) is 14.4. The van der Waals surface area contributed by atoms with Crippen molar-refractivity contribution in [1.29, 1.82) is 0 Å². The maximum atomic E-state index is 11.5. The quantitative estimate of drug-likeness (QED) is 0.835. The normalized spacial score (nSPS) is 21.7. The van der Waals surface area contributed by atoms with Crippen molar-refractivity contribution in [2.45, 2.75) is 52.0 Å². The van der Waals surface area contributed by atoms with E-state index in [1.165, 1.54) is 31.4 Å². The number of amides is 1. The van der Waals surface area contributed by atoms with Gasteiger partial charge in [0.25, 0.3) is 0 Å². The second kappa shape index (κ2) is 7.32. The Bertz CT molecular complexity index is 427. The van der Waals surface area contributed by atoms with E-state index >= 15 is 0 Å². The molecule has 2 N–H and O–H groups in total. The molecule has 0 radical (unpaired) electrons. The summed E-state index contributed by atoms with van der Waals surface area (Å²) in [5.74, 6) is 0.903. The van der Waals surface area contributed by atoms with E-state index in [1.54, 1.807) is 0 Å². The summed E-state index contributed by atoms with van der Waals surface area (Å²) >= 11 is 0. The molecule has 1 aliphatic rings. The fraction of sp³-hybridized carbons (Fsp3) is 0.588. The van der Waals surface area contributed by atoms with E-state index < -0.39 is 0 Å². The van der Waals surface area contributed by atoms with Crippen LogP contribution in [-0.2, 0) is 11.2 Å². The van der Waals surface area contributed by atoms with Crippen molar-refractivity contribution in [3.8, 4) is 0 Å². The van der Waals surface area contributed by atoms with Gasteiger partial charge in [-0.25, -0.2) is 0 Å². The van der Waals surface area contributed by atoms with Crippen LogP contribution in [0.2, 0.25) is 0 Å². The molecule has 1 aromatic rings. The number of carbonyl (C=O) groups is 1. The summed E-state index contributed by atoms with van der Waals surface area (Å²) in [6.45, 7) is 4.91. The van der Waals surface area contributed by atoms with E-state index in [1.807, 2.05) is 19.1 Å². The summed E-state index contributed by atoms with van der Waals surface area (Å²) < 4.78 is 0. The first-order valence-electron chi connectivity index (χ1n) is 7.85. The maximum Gasteiger partial charge on any atom is 0.224 e. The third-order valence-electron chi connectivity index (χ3n) is 4.23. The smallest absolute Gasteiger partial charge is 0.224 e. The molecule has 1 amide bonds. The van der Waals surface area contributed by atoms with Crippen LogP contribution in [-0.4, -0.2) is 18.5 Å². The van der Waals surface area contributed by atoms with Crippen LogP contribution in [0.3, 0.4) is 0 Å². The van der Waals surface area contributed by atoms with Crippen molar-refractivity contribution in [1.82, 2.24) is 5.32 Å². The number of anilines is 1. The lowest BCUT2D eigenvalue weighted by Crippen LogP contribution is -2.24. The van der Waals surface area contributed by atoms with Crippen LogP contribution in [0.4, 0.5) is 5.69 Å². The lowest BCUT2D eigenvalue weighted by molar-refractivity contribution is -0.120. The highest BCUT2D eigenvalue weighted by Gasteiger charge is 2.25. The van der Waals surface area contributed by atoms with Crippen molar-refractivity contribution in [3.63, 3.8) is 0 Å². The molecule has 1 saturated carbocycles. The summed E-state index contributed by atoms with van der Waals surface area (Å²) in [4.78, 5) is 11.5. The van der Waals surface area contributed by atoms with E-state index in [9.17, 15) is 4.79 Å². The van der Waals surface area contributed by atoms with Crippen LogP contribution in [0, 0.1) is 5.92 Å². The van der Waals surface area contributed by atoms with Gasteiger partial charge >= 0.3 is 0 Å². The molecule has 1 aliphatic carbocycles. The molecular weight excluding hydrogens is 248 g/mol. The van der Waals surface area contributed by atoms with Gasteiger partial charge < -0.3 is 10.6 Å². The van der Waals surface area contributed by atoms with Crippen molar-refractivity contribution < 1.29 is 4.79 Å². The van der Waals surface area contributed by atoms with Gasteiger partial charge in [0.2, 0.25) is 5.91 Å². The van der Waals surface area contributed by atoms with Crippen molar-refractivity contribution in [2.24, 2.45) is 5.92 Å². The molecule has 0 aliphatic heterocycles. The average Bonchev–Trinajstić information content (AvgIpc) is 2.88. The molecular formula is C17H26N2O. The van der Waals surface area contributed by atoms with Gasteiger partial charge in [-0.15, -0.1) is 0 Å². The highest BCUT2D eigenvalue weighted by atomic mass is 16.1. The molecule has 0 heterocycles. The molecule has 0 spiro atoms. The fourth-order valence-corrected chi connectivity index (χ4v) is 3.09. The van der Waals surface area contributed by atoms with Gasteiger partial charge in [-0.05, 0) is 43.4 Å². The SMILES string of the molecule is CCNC(=O)Cc1ccc(NC2CCCC2CC)cc1. The third kappa shape index (κ3) is 3.99. The number of nitrogens with one attached hydrogen (secondary N) is 2. The first-order valence-corrected chi connectivity index (χ1v) is 7.85. The zero-order valence-electron chi connectivity index (χ0n) is 12.6. The van der Waals surface area contributed by atoms with Crippen LogP contribution in [0.5, 0.6) is 0 Å². The molecule has 1 aromatic carbocycles. The lowest BCUT2D eigenvalue weighted by Gasteiger charge is -2.21. The zero-order valence-corrected chi connectivity index (χ0v) is 12.6. The Labute approximate surface area is 122 Å². The Kier molecular flexibility index (Phi) is 5.45. The van der Waals surface area contributed by atoms with Gasteiger partial charge in [-0.3, -0.25) is 4.79 Å². The Morgan fingerprint density at radius 2 is 1.95 bits per heavy atom.